The molecule has 0 aliphatic carbocycles. The average molecular weight is 254 g/mol. The van der Waals surface area contributed by atoms with Crippen LogP contribution in [0.3, 0.4) is 0 Å². The number of rotatable bonds is 5. The number of benzene rings is 1. The highest BCUT2D eigenvalue weighted by atomic mass is 19.1. The summed E-state index contributed by atoms with van der Waals surface area (Å²) in [4.78, 5) is 3.33. The lowest BCUT2D eigenvalue weighted by atomic mass is 10.3. The van der Waals surface area contributed by atoms with E-state index in [1.165, 1.54) is 44.9 Å². The molecule has 1 aromatic carbocycles. The summed E-state index contributed by atoms with van der Waals surface area (Å²) in [5.74, 6) is 0.542. The fourth-order valence-corrected chi connectivity index (χ4v) is 2.40. The highest BCUT2D eigenvalue weighted by molar-refractivity contribution is 5.21. The smallest absolute Gasteiger partial charge is 0.137 e. The van der Waals surface area contributed by atoms with E-state index in [1.54, 1.807) is 21.9 Å². The van der Waals surface area contributed by atoms with E-state index in [0.29, 0.717) is 6.61 Å². The van der Waals surface area contributed by atoms with Crippen molar-refractivity contribution in [1.82, 2.24) is 0 Å². The minimum atomic E-state index is -0.216. The number of hydrogen-bond donors (Lipinski definition) is 2. The van der Waals surface area contributed by atoms with Crippen molar-refractivity contribution in [1.29, 1.82) is 0 Å². The van der Waals surface area contributed by atoms with Gasteiger partial charge in [0.15, 0.2) is 0 Å². The van der Waals surface area contributed by atoms with Gasteiger partial charge in [0.25, 0.3) is 0 Å². The molecule has 18 heavy (non-hydrogen) atoms. The lowest BCUT2D eigenvalue weighted by Gasteiger charge is -2.28. The van der Waals surface area contributed by atoms with Crippen LogP contribution in [0.25, 0.3) is 0 Å². The van der Waals surface area contributed by atoms with Crippen molar-refractivity contribution in [3.63, 3.8) is 0 Å². The fourth-order valence-electron chi connectivity index (χ4n) is 2.40. The molecule has 1 heterocycles. The van der Waals surface area contributed by atoms with Crippen LogP contribution in [0.5, 0.6) is 5.75 Å². The van der Waals surface area contributed by atoms with Gasteiger partial charge in [-0.05, 0) is 31.2 Å². The molecule has 0 unspecified atom stereocenters. The Labute approximate surface area is 108 Å². The van der Waals surface area contributed by atoms with Crippen LogP contribution in [0.1, 0.15) is 6.92 Å². The second kappa shape index (κ2) is 6.71. The van der Waals surface area contributed by atoms with Crippen LogP contribution in [0, 0.1) is 5.82 Å². The summed E-state index contributed by atoms with van der Waals surface area (Å²) in [6.07, 6.45) is 0. The number of quaternary nitrogens is 2. The summed E-state index contributed by atoms with van der Waals surface area (Å²) in [6.45, 7) is 10.2. The zero-order chi connectivity index (χ0) is 12.8. The van der Waals surface area contributed by atoms with Gasteiger partial charge in [0, 0.05) is 0 Å². The Morgan fingerprint density at radius 2 is 1.67 bits per heavy atom. The molecule has 0 bridgehead atoms. The van der Waals surface area contributed by atoms with Crippen molar-refractivity contribution in [3.8, 4) is 5.75 Å². The predicted octanol–water partition coefficient (Wildman–Crippen LogP) is -0.992. The predicted molar refractivity (Wildman–Crippen MR) is 68.7 cm³/mol. The Morgan fingerprint density at radius 3 is 2.28 bits per heavy atom. The van der Waals surface area contributed by atoms with E-state index in [1.807, 2.05) is 0 Å². The van der Waals surface area contributed by atoms with Crippen LogP contribution in [0.15, 0.2) is 24.3 Å². The van der Waals surface area contributed by atoms with E-state index in [9.17, 15) is 4.39 Å². The van der Waals surface area contributed by atoms with Gasteiger partial charge >= 0.3 is 0 Å². The van der Waals surface area contributed by atoms with Crippen LogP contribution in [0.2, 0.25) is 0 Å². The lowest BCUT2D eigenvalue weighted by Crippen LogP contribution is -3.28. The lowest BCUT2D eigenvalue weighted by molar-refractivity contribution is -1.01. The molecule has 1 fully saturated rings. The topological polar surface area (TPSA) is 18.1 Å². The van der Waals surface area contributed by atoms with Crippen molar-refractivity contribution in [3.05, 3.63) is 30.1 Å². The van der Waals surface area contributed by atoms with Crippen LogP contribution < -0.4 is 14.5 Å². The molecule has 0 radical (unpaired) electrons. The van der Waals surface area contributed by atoms with Gasteiger partial charge in [-0.25, -0.2) is 4.39 Å². The molecule has 1 saturated heterocycles. The van der Waals surface area contributed by atoms with Gasteiger partial charge in [0.05, 0.1) is 6.54 Å². The number of ether oxygens (including phenoxy) is 1. The van der Waals surface area contributed by atoms with Gasteiger partial charge in [-0.1, -0.05) is 0 Å². The van der Waals surface area contributed by atoms with Crippen molar-refractivity contribution in [2.75, 3.05) is 45.9 Å². The molecule has 0 atom stereocenters. The first-order valence-corrected chi connectivity index (χ1v) is 6.83. The summed E-state index contributed by atoms with van der Waals surface area (Å²) < 4.78 is 18.3. The Kier molecular flexibility index (Phi) is 4.96. The van der Waals surface area contributed by atoms with Crippen molar-refractivity contribution in [2.45, 2.75) is 6.92 Å². The maximum atomic E-state index is 12.7. The molecule has 0 spiro atoms. The fraction of sp³-hybridized carbons (Fsp3) is 0.571. The molecular formula is C14H23FN2O+2. The Hall–Kier alpha value is -1.13. The molecule has 1 aliphatic rings. The first-order valence-electron chi connectivity index (χ1n) is 6.83. The third-order valence-electron chi connectivity index (χ3n) is 3.70. The summed E-state index contributed by atoms with van der Waals surface area (Å²) in [7, 11) is 0. The largest absolute Gasteiger partial charge is 0.488 e. The molecule has 100 valence electrons. The van der Waals surface area contributed by atoms with Crippen molar-refractivity contribution in [2.24, 2.45) is 0 Å². The first kappa shape index (κ1) is 13.3. The second-order valence-electron chi connectivity index (χ2n) is 4.91. The highest BCUT2D eigenvalue weighted by Gasteiger charge is 2.20. The normalized spacial score (nSPS) is 23.9. The highest BCUT2D eigenvalue weighted by Crippen LogP contribution is 2.10. The number of hydrogen-bond acceptors (Lipinski definition) is 1. The van der Waals surface area contributed by atoms with Crippen LogP contribution >= 0.6 is 0 Å². The third kappa shape index (κ3) is 3.96. The van der Waals surface area contributed by atoms with Gasteiger partial charge in [0.1, 0.15) is 50.9 Å². The quantitative estimate of drug-likeness (QED) is 0.690. The molecule has 2 rings (SSSR count). The average Bonchev–Trinajstić information content (AvgIpc) is 2.42. The van der Waals surface area contributed by atoms with E-state index in [0.717, 1.165) is 12.3 Å². The van der Waals surface area contributed by atoms with E-state index in [-0.39, 0.29) is 5.82 Å². The SMILES string of the molecule is CC[NH+]1CC[NH+](CCOc2ccc(F)cc2)CC1. The minimum absolute atomic E-state index is 0.216. The molecule has 2 N–H and O–H groups in total. The van der Waals surface area contributed by atoms with Crippen molar-refractivity contribution < 1.29 is 18.9 Å². The van der Waals surface area contributed by atoms with Crippen LogP contribution in [-0.2, 0) is 0 Å². The maximum absolute atomic E-state index is 12.7. The molecule has 0 amide bonds. The summed E-state index contributed by atoms with van der Waals surface area (Å²) in [5, 5.41) is 0. The van der Waals surface area contributed by atoms with E-state index < -0.39 is 0 Å². The van der Waals surface area contributed by atoms with Gasteiger partial charge in [-0.2, -0.15) is 0 Å². The monoisotopic (exact) mass is 254 g/mol. The van der Waals surface area contributed by atoms with Crippen LogP contribution in [-0.4, -0.2) is 45.9 Å². The summed E-state index contributed by atoms with van der Waals surface area (Å²) in [6, 6.07) is 6.24. The summed E-state index contributed by atoms with van der Waals surface area (Å²) in [5.41, 5.74) is 0. The van der Waals surface area contributed by atoms with E-state index in [2.05, 4.69) is 6.92 Å². The van der Waals surface area contributed by atoms with Gasteiger partial charge in [-0.15, -0.1) is 0 Å². The number of piperazine rings is 1. The van der Waals surface area contributed by atoms with Crippen LogP contribution in [0.4, 0.5) is 4.39 Å². The molecule has 3 nitrogen and oxygen atoms in total. The molecule has 4 heteroatoms. The Balaban J connectivity index is 1.65. The third-order valence-corrected chi connectivity index (χ3v) is 3.70. The first-order chi connectivity index (χ1) is 8.78. The number of nitrogens with one attached hydrogen (secondary N) is 2. The zero-order valence-electron chi connectivity index (χ0n) is 11.0. The van der Waals surface area contributed by atoms with Gasteiger partial charge in [-0.3, -0.25) is 0 Å². The standard InChI is InChI=1S/C14H21FN2O/c1-2-16-7-9-17(10-8-16)11-12-18-14-5-3-13(15)4-6-14/h3-6H,2,7-12H2,1H3/p+2. The molecule has 0 aromatic heterocycles. The zero-order valence-corrected chi connectivity index (χ0v) is 11.0. The molecular weight excluding hydrogens is 231 g/mol. The minimum Gasteiger partial charge on any atom is -0.488 e. The Morgan fingerprint density at radius 1 is 1.06 bits per heavy atom. The van der Waals surface area contributed by atoms with Crippen molar-refractivity contribution >= 4 is 0 Å². The Bertz CT molecular complexity index is 347. The molecule has 1 aromatic rings. The van der Waals surface area contributed by atoms with Gasteiger partial charge in [0.2, 0.25) is 0 Å². The molecule has 1 aliphatic heterocycles. The maximum Gasteiger partial charge on any atom is 0.137 e. The van der Waals surface area contributed by atoms with E-state index >= 15 is 0 Å². The van der Waals surface area contributed by atoms with Gasteiger partial charge < -0.3 is 14.5 Å². The van der Waals surface area contributed by atoms with E-state index in [4.69, 9.17) is 4.74 Å². The number of likely N-dealkylation sites (N-methyl/N-ethyl adjacent to an activating group) is 1. The summed E-state index contributed by atoms with van der Waals surface area (Å²) >= 11 is 0. The number of halogens is 1. The second-order valence-corrected chi connectivity index (χ2v) is 4.91. The molecule has 0 saturated carbocycles.